The molecule has 0 atom stereocenters. The third-order valence-corrected chi connectivity index (χ3v) is 7.84. The van der Waals surface area contributed by atoms with E-state index < -0.39 is 33.6 Å². The third-order valence-electron chi connectivity index (χ3n) is 5.46. The second-order valence-corrected chi connectivity index (χ2v) is 10.9. The monoisotopic (exact) mass is 618 g/mol. The SMILES string of the molecule is COc1ccc(NC(=O)c2cnc(C(F)(F)F)[nH]2)cc1S(=O)(=O)N(CCCCCCO)c1ccc(Br)cc1. The van der Waals surface area contributed by atoms with E-state index in [1.807, 2.05) is 4.98 Å². The van der Waals surface area contributed by atoms with Crippen molar-refractivity contribution >= 4 is 43.2 Å². The summed E-state index contributed by atoms with van der Waals surface area (Å²) in [5.74, 6) is -2.24. The summed E-state index contributed by atoms with van der Waals surface area (Å²) in [7, 11) is -2.92. The second kappa shape index (κ2) is 12.6. The number of ether oxygens (including phenoxy) is 1. The zero-order chi connectivity index (χ0) is 27.9. The number of carbonyl (C=O) groups excluding carboxylic acids is 1. The molecule has 9 nitrogen and oxygen atoms in total. The molecule has 0 aliphatic carbocycles. The Morgan fingerprint density at radius 2 is 1.82 bits per heavy atom. The number of benzene rings is 2. The summed E-state index contributed by atoms with van der Waals surface area (Å²) in [5.41, 5.74) is -0.0165. The third kappa shape index (κ3) is 7.26. The van der Waals surface area contributed by atoms with Crippen LogP contribution in [0.1, 0.15) is 42.0 Å². The summed E-state index contributed by atoms with van der Waals surface area (Å²) in [6, 6.07) is 10.6. The topological polar surface area (TPSA) is 125 Å². The van der Waals surface area contributed by atoms with E-state index in [2.05, 4.69) is 26.2 Å². The van der Waals surface area contributed by atoms with E-state index in [-0.39, 0.29) is 29.5 Å². The highest BCUT2D eigenvalue weighted by atomic mass is 79.9. The average Bonchev–Trinajstić information content (AvgIpc) is 3.38. The predicted molar refractivity (Wildman–Crippen MR) is 139 cm³/mol. The van der Waals surface area contributed by atoms with Crippen molar-refractivity contribution < 1.29 is 36.2 Å². The molecular weight excluding hydrogens is 593 g/mol. The van der Waals surface area contributed by atoms with Gasteiger partial charge in [-0.1, -0.05) is 28.8 Å². The highest BCUT2D eigenvalue weighted by molar-refractivity contribution is 9.10. The maximum atomic E-state index is 13.9. The number of sulfonamides is 1. The van der Waals surface area contributed by atoms with Crippen LogP contribution in [0.25, 0.3) is 0 Å². The number of nitrogens with zero attached hydrogens (tertiary/aromatic N) is 2. The number of imidazole rings is 1. The van der Waals surface area contributed by atoms with Gasteiger partial charge in [-0.05, 0) is 55.3 Å². The fraction of sp³-hybridized carbons (Fsp3) is 0.333. The molecule has 0 unspecified atom stereocenters. The average molecular weight is 619 g/mol. The van der Waals surface area contributed by atoms with Crippen molar-refractivity contribution in [2.75, 3.05) is 29.9 Å². The summed E-state index contributed by atoms with van der Waals surface area (Å²) < 4.78 is 73.5. The van der Waals surface area contributed by atoms with E-state index >= 15 is 0 Å². The van der Waals surface area contributed by atoms with Gasteiger partial charge in [-0.25, -0.2) is 13.4 Å². The number of rotatable bonds is 12. The summed E-state index contributed by atoms with van der Waals surface area (Å²) in [4.78, 5) is 17.3. The number of anilines is 2. The Bertz CT molecular complexity index is 1350. The van der Waals surface area contributed by atoms with Gasteiger partial charge in [-0.15, -0.1) is 0 Å². The highest BCUT2D eigenvalue weighted by Crippen LogP contribution is 2.33. The van der Waals surface area contributed by atoms with Crippen molar-refractivity contribution in [2.24, 2.45) is 0 Å². The number of aliphatic hydroxyl groups excluding tert-OH is 1. The number of aromatic nitrogens is 2. The molecular formula is C24H26BrF3N4O5S. The molecule has 1 amide bonds. The standard InChI is InChI=1S/C24H26BrF3N4O5S/c1-37-20-11-8-17(30-22(34)19-15-29-23(31-19)24(26,27)28)14-21(20)38(35,36)32(12-4-2-3-5-13-33)18-9-6-16(25)7-10-18/h6-11,14-15,33H,2-5,12-13H2,1H3,(H,29,31)(H,30,34). The van der Waals surface area contributed by atoms with Gasteiger partial charge in [0, 0.05) is 23.3 Å². The number of hydrogen-bond donors (Lipinski definition) is 3. The van der Waals surface area contributed by atoms with Crippen molar-refractivity contribution in [1.29, 1.82) is 0 Å². The number of alkyl halides is 3. The summed E-state index contributed by atoms with van der Waals surface area (Å²) in [5, 5.41) is 11.4. The number of unbranched alkanes of at least 4 members (excludes halogenated alkanes) is 3. The van der Waals surface area contributed by atoms with E-state index in [1.165, 1.54) is 29.6 Å². The van der Waals surface area contributed by atoms with Crippen molar-refractivity contribution in [3.63, 3.8) is 0 Å². The van der Waals surface area contributed by atoms with Crippen molar-refractivity contribution in [1.82, 2.24) is 9.97 Å². The van der Waals surface area contributed by atoms with E-state index in [9.17, 15) is 26.4 Å². The van der Waals surface area contributed by atoms with Crippen LogP contribution in [0.3, 0.4) is 0 Å². The quantitative estimate of drug-likeness (QED) is 0.240. The minimum absolute atomic E-state index is 0.0197. The second-order valence-electron chi connectivity index (χ2n) is 8.15. The van der Waals surface area contributed by atoms with Gasteiger partial charge in [0.15, 0.2) is 0 Å². The molecule has 1 heterocycles. The molecule has 0 saturated carbocycles. The number of methoxy groups -OCH3 is 1. The number of nitrogens with one attached hydrogen (secondary N) is 2. The van der Waals surface area contributed by atoms with Crippen molar-refractivity contribution in [3.8, 4) is 5.75 Å². The molecule has 0 radical (unpaired) electrons. The molecule has 0 aliphatic heterocycles. The number of aliphatic hydroxyl groups is 1. The largest absolute Gasteiger partial charge is 0.495 e. The highest BCUT2D eigenvalue weighted by Gasteiger charge is 2.35. The zero-order valence-corrected chi connectivity index (χ0v) is 22.7. The van der Waals surface area contributed by atoms with Gasteiger partial charge in [0.25, 0.3) is 15.9 Å². The van der Waals surface area contributed by atoms with Crippen LogP contribution in [0, 0.1) is 0 Å². The molecule has 0 fully saturated rings. The van der Waals surface area contributed by atoms with Crippen molar-refractivity contribution in [3.05, 3.63) is 64.7 Å². The number of carbonyl (C=O) groups is 1. The minimum Gasteiger partial charge on any atom is -0.495 e. The molecule has 0 bridgehead atoms. The number of halogens is 4. The van der Waals surface area contributed by atoms with Crippen LogP contribution in [0.5, 0.6) is 5.75 Å². The Hall–Kier alpha value is -3.10. The predicted octanol–water partition coefficient (Wildman–Crippen LogP) is 5.20. The lowest BCUT2D eigenvalue weighted by Crippen LogP contribution is -2.32. The first kappa shape index (κ1) is 29.5. The zero-order valence-electron chi connectivity index (χ0n) is 20.3. The van der Waals surface area contributed by atoms with Crippen molar-refractivity contribution in [2.45, 2.75) is 36.8 Å². The number of amides is 1. The first-order valence-electron chi connectivity index (χ1n) is 11.5. The maximum Gasteiger partial charge on any atom is 0.449 e. The summed E-state index contributed by atoms with van der Waals surface area (Å²) in [6.45, 7) is 0.198. The molecule has 3 N–H and O–H groups in total. The Labute approximate surface area is 226 Å². The van der Waals surface area contributed by atoms with Crippen LogP contribution in [-0.4, -0.2) is 49.7 Å². The van der Waals surface area contributed by atoms with Gasteiger partial charge in [0.1, 0.15) is 16.3 Å². The van der Waals surface area contributed by atoms with Gasteiger partial charge in [0.2, 0.25) is 5.82 Å². The molecule has 2 aromatic carbocycles. The number of H-pyrrole nitrogens is 1. The molecule has 14 heteroatoms. The van der Waals surface area contributed by atoms with Gasteiger partial charge >= 0.3 is 6.18 Å². The summed E-state index contributed by atoms with van der Waals surface area (Å²) in [6.07, 6.45) is -1.45. The molecule has 0 saturated heterocycles. The fourth-order valence-corrected chi connectivity index (χ4v) is 5.52. The summed E-state index contributed by atoms with van der Waals surface area (Å²) >= 11 is 3.34. The lowest BCUT2D eigenvalue weighted by Gasteiger charge is -2.26. The van der Waals surface area contributed by atoms with Crippen LogP contribution in [0.2, 0.25) is 0 Å². The maximum absolute atomic E-state index is 13.9. The van der Waals surface area contributed by atoms with E-state index in [4.69, 9.17) is 9.84 Å². The smallest absolute Gasteiger partial charge is 0.449 e. The van der Waals surface area contributed by atoms with Gasteiger partial charge in [-0.2, -0.15) is 13.2 Å². The molecule has 38 heavy (non-hydrogen) atoms. The Morgan fingerprint density at radius 3 is 2.42 bits per heavy atom. The Morgan fingerprint density at radius 1 is 1.13 bits per heavy atom. The molecule has 1 aromatic heterocycles. The lowest BCUT2D eigenvalue weighted by molar-refractivity contribution is -0.144. The van der Waals surface area contributed by atoms with Crippen LogP contribution in [0.4, 0.5) is 24.5 Å². The van der Waals surface area contributed by atoms with Crippen LogP contribution < -0.4 is 14.4 Å². The van der Waals surface area contributed by atoms with E-state index in [1.54, 1.807) is 24.3 Å². The minimum atomic E-state index is -4.76. The van der Waals surface area contributed by atoms with Gasteiger partial charge in [-0.3, -0.25) is 9.10 Å². The molecule has 3 rings (SSSR count). The first-order chi connectivity index (χ1) is 18.0. The number of hydrogen-bond acceptors (Lipinski definition) is 6. The Balaban J connectivity index is 1.93. The molecule has 206 valence electrons. The molecule has 0 spiro atoms. The Kier molecular flexibility index (Phi) is 9.79. The van der Waals surface area contributed by atoms with E-state index in [0.29, 0.717) is 24.9 Å². The lowest BCUT2D eigenvalue weighted by atomic mass is 10.2. The van der Waals surface area contributed by atoms with Gasteiger partial charge in [0.05, 0.1) is 19.0 Å². The van der Waals surface area contributed by atoms with E-state index in [0.717, 1.165) is 17.1 Å². The van der Waals surface area contributed by atoms with Crippen LogP contribution >= 0.6 is 15.9 Å². The number of aromatic amines is 1. The van der Waals surface area contributed by atoms with Crippen LogP contribution in [-0.2, 0) is 16.2 Å². The fourth-order valence-electron chi connectivity index (χ4n) is 3.57. The van der Waals surface area contributed by atoms with Gasteiger partial charge < -0.3 is 20.1 Å². The normalized spacial score (nSPS) is 11.8. The molecule has 3 aromatic rings. The van der Waals surface area contributed by atoms with Crippen LogP contribution in [0.15, 0.2) is 58.0 Å². The first-order valence-corrected chi connectivity index (χ1v) is 13.7. The molecule has 0 aliphatic rings.